The first-order valence-corrected chi connectivity index (χ1v) is 12.1. The van der Waals surface area contributed by atoms with Gasteiger partial charge in [0.05, 0.1) is 36.0 Å². The highest BCUT2D eigenvalue weighted by Crippen LogP contribution is 2.32. The summed E-state index contributed by atoms with van der Waals surface area (Å²) in [5, 5.41) is 2.73. The third-order valence-corrected chi connectivity index (χ3v) is 6.25. The minimum atomic E-state index is -4.87. The summed E-state index contributed by atoms with van der Waals surface area (Å²) in [6.07, 6.45) is -2.21. The number of amides is 1. The summed E-state index contributed by atoms with van der Waals surface area (Å²) in [4.78, 5) is 31.0. The van der Waals surface area contributed by atoms with Crippen LogP contribution in [0, 0.1) is 5.82 Å². The minimum absolute atomic E-state index is 0.0146. The van der Waals surface area contributed by atoms with Crippen LogP contribution in [-0.4, -0.2) is 22.1 Å². The molecule has 6 nitrogen and oxygen atoms in total. The van der Waals surface area contributed by atoms with E-state index in [1.165, 1.54) is 4.57 Å². The summed E-state index contributed by atoms with van der Waals surface area (Å²) < 4.78 is 59.7. The highest BCUT2D eigenvalue weighted by atomic mass is 19.4. The Bertz CT molecular complexity index is 1350. The molecule has 10 heteroatoms. The molecule has 1 aliphatic carbocycles. The van der Waals surface area contributed by atoms with Crippen LogP contribution in [0.1, 0.15) is 60.9 Å². The van der Waals surface area contributed by atoms with Gasteiger partial charge in [-0.05, 0) is 81.5 Å². The second-order valence-corrected chi connectivity index (χ2v) is 8.95. The van der Waals surface area contributed by atoms with E-state index in [1.807, 2.05) is 6.92 Å². The van der Waals surface area contributed by atoms with Gasteiger partial charge in [0.25, 0.3) is 5.56 Å². The predicted octanol–water partition coefficient (Wildman–Crippen LogP) is 5.09. The third kappa shape index (κ3) is 5.84. The van der Waals surface area contributed by atoms with Crippen molar-refractivity contribution in [3.05, 3.63) is 86.8 Å². The van der Waals surface area contributed by atoms with Crippen LogP contribution in [0.15, 0.2) is 47.3 Å². The number of carbonyl (C=O) groups excluding carboxylic acids is 1. The van der Waals surface area contributed by atoms with Crippen molar-refractivity contribution in [3.8, 4) is 11.4 Å². The van der Waals surface area contributed by atoms with Gasteiger partial charge < -0.3 is 10.1 Å². The van der Waals surface area contributed by atoms with Crippen LogP contribution in [-0.2, 0) is 30.2 Å². The molecule has 1 aromatic heterocycles. The summed E-state index contributed by atoms with van der Waals surface area (Å²) in [6.45, 7) is 4.02. The fraction of sp³-hybridized carbons (Fsp3) is 0.370. The molecule has 196 valence electrons. The number of hydrogen-bond acceptors (Lipinski definition) is 4. The lowest BCUT2D eigenvalue weighted by Gasteiger charge is -2.23. The smallest absolute Gasteiger partial charge is 0.419 e. The maximum Gasteiger partial charge on any atom is 0.419 e. The first-order valence-electron chi connectivity index (χ1n) is 12.1. The third-order valence-electron chi connectivity index (χ3n) is 6.25. The normalized spacial score (nSPS) is 14.1. The Morgan fingerprint density at radius 1 is 1.14 bits per heavy atom. The van der Waals surface area contributed by atoms with E-state index in [0.29, 0.717) is 60.1 Å². The van der Waals surface area contributed by atoms with Gasteiger partial charge in [0.2, 0.25) is 5.91 Å². The van der Waals surface area contributed by atoms with Crippen molar-refractivity contribution in [2.75, 3.05) is 6.61 Å². The molecule has 0 radical (unpaired) electrons. The average molecular weight is 518 g/mol. The van der Waals surface area contributed by atoms with Crippen molar-refractivity contribution >= 4 is 5.91 Å². The number of ether oxygens (including phenoxy) is 1. The molecule has 0 fully saturated rings. The average Bonchev–Trinajstić information content (AvgIpc) is 2.85. The molecule has 0 aliphatic heterocycles. The summed E-state index contributed by atoms with van der Waals surface area (Å²) in [5.74, 6) is -1.02. The lowest BCUT2D eigenvalue weighted by atomic mass is 9.96. The van der Waals surface area contributed by atoms with Crippen LogP contribution in [0.3, 0.4) is 0 Å². The molecule has 2 aromatic carbocycles. The van der Waals surface area contributed by atoms with Crippen molar-refractivity contribution in [3.63, 3.8) is 0 Å². The number of aromatic nitrogens is 2. The topological polar surface area (TPSA) is 73.2 Å². The van der Waals surface area contributed by atoms with Crippen molar-refractivity contribution in [1.82, 2.24) is 14.9 Å². The Morgan fingerprint density at radius 3 is 2.51 bits per heavy atom. The molecule has 3 aromatic rings. The summed E-state index contributed by atoms with van der Waals surface area (Å²) in [5.41, 5.74) is 0.278. The fourth-order valence-electron chi connectivity index (χ4n) is 4.51. The number of nitrogens with zero attached hydrogens (tertiary/aromatic N) is 2. The van der Waals surface area contributed by atoms with E-state index in [4.69, 9.17) is 9.72 Å². The van der Waals surface area contributed by atoms with Crippen molar-refractivity contribution in [2.24, 2.45) is 0 Å². The van der Waals surface area contributed by atoms with Gasteiger partial charge in [0.1, 0.15) is 17.4 Å². The van der Waals surface area contributed by atoms with Gasteiger partial charge in [-0.15, -0.1) is 0 Å². The number of rotatable bonds is 7. The number of alkyl halides is 3. The van der Waals surface area contributed by atoms with Gasteiger partial charge in [-0.3, -0.25) is 14.2 Å². The van der Waals surface area contributed by atoms with E-state index in [2.05, 4.69) is 5.32 Å². The second kappa shape index (κ2) is 10.7. The van der Waals surface area contributed by atoms with E-state index in [0.717, 1.165) is 18.9 Å². The Morgan fingerprint density at radius 2 is 1.84 bits per heavy atom. The van der Waals surface area contributed by atoms with Gasteiger partial charge in [0, 0.05) is 5.56 Å². The molecule has 0 unspecified atom stereocenters. The Hall–Kier alpha value is -3.69. The molecule has 1 atom stereocenters. The number of benzene rings is 2. The molecule has 0 saturated carbocycles. The second-order valence-electron chi connectivity index (χ2n) is 8.95. The zero-order valence-electron chi connectivity index (χ0n) is 20.5. The fourth-order valence-corrected chi connectivity index (χ4v) is 4.51. The first-order chi connectivity index (χ1) is 17.6. The van der Waals surface area contributed by atoms with Crippen LogP contribution >= 0.6 is 0 Å². The summed E-state index contributed by atoms with van der Waals surface area (Å²) >= 11 is 0. The molecule has 4 rings (SSSR count). The largest absolute Gasteiger partial charge is 0.494 e. The Balaban J connectivity index is 1.64. The number of nitrogens with one attached hydrogen (secondary N) is 1. The van der Waals surface area contributed by atoms with Crippen LogP contribution in [0.5, 0.6) is 5.75 Å². The number of aryl methyl sites for hydroxylation is 1. The first kappa shape index (κ1) is 26.4. The van der Waals surface area contributed by atoms with Crippen LogP contribution < -0.4 is 15.6 Å². The maximum absolute atomic E-state index is 13.6. The van der Waals surface area contributed by atoms with Crippen molar-refractivity contribution < 1.29 is 27.1 Å². The van der Waals surface area contributed by atoms with Gasteiger partial charge in [0.15, 0.2) is 0 Å². The molecule has 37 heavy (non-hydrogen) atoms. The standard InChI is InChI=1S/C27H27F4N3O3/c1-3-37-19-11-9-18(10-12-19)34-25(33-23-7-5-4-6-20(23)26(34)36)16(2)32-24(35)15-17-8-13-22(28)21(14-17)27(29,30)31/h8-14,16H,3-7,15H2,1-2H3,(H,32,35)/t16-/m1/s1. The van der Waals surface area contributed by atoms with E-state index < -0.39 is 35.9 Å². The quantitative estimate of drug-likeness (QED) is 0.444. The Kier molecular flexibility index (Phi) is 7.65. The lowest BCUT2D eigenvalue weighted by molar-refractivity contribution is -0.140. The van der Waals surface area contributed by atoms with Gasteiger partial charge in [-0.25, -0.2) is 9.37 Å². The monoisotopic (exact) mass is 517 g/mol. The number of halogens is 4. The molecule has 1 N–H and O–H groups in total. The molecule has 1 aliphatic rings. The molecule has 1 amide bonds. The van der Waals surface area contributed by atoms with Gasteiger partial charge in [-0.2, -0.15) is 13.2 Å². The highest BCUT2D eigenvalue weighted by molar-refractivity contribution is 5.79. The zero-order chi connectivity index (χ0) is 26.7. The zero-order valence-corrected chi connectivity index (χ0v) is 20.5. The van der Waals surface area contributed by atoms with Crippen molar-refractivity contribution in [1.29, 1.82) is 0 Å². The molecular weight excluding hydrogens is 490 g/mol. The van der Waals surface area contributed by atoms with Crippen LogP contribution in [0.4, 0.5) is 17.6 Å². The lowest BCUT2D eigenvalue weighted by Crippen LogP contribution is -2.36. The SMILES string of the molecule is CCOc1ccc(-n2c([C@@H](C)NC(=O)Cc3ccc(F)c(C(F)(F)F)c3)nc3c(c2=O)CCCC3)cc1. The van der Waals surface area contributed by atoms with E-state index in [9.17, 15) is 27.2 Å². The maximum atomic E-state index is 13.6. The summed E-state index contributed by atoms with van der Waals surface area (Å²) in [7, 11) is 0. The summed E-state index contributed by atoms with van der Waals surface area (Å²) in [6, 6.07) is 8.69. The molecule has 0 spiro atoms. The van der Waals surface area contributed by atoms with E-state index in [1.54, 1.807) is 31.2 Å². The molecule has 0 bridgehead atoms. The minimum Gasteiger partial charge on any atom is -0.494 e. The predicted molar refractivity (Wildman–Crippen MR) is 129 cm³/mol. The number of fused-ring (bicyclic) bond motifs is 1. The van der Waals surface area contributed by atoms with E-state index >= 15 is 0 Å². The number of carbonyl (C=O) groups is 1. The van der Waals surface area contributed by atoms with Crippen LogP contribution in [0.2, 0.25) is 0 Å². The van der Waals surface area contributed by atoms with Crippen LogP contribution in [0.25, 0.3) is 5.69 Å². The highest BCUT2D eigenvalue weighted by Gasteiger charge is 2.34. The molecule has 0 saturated heterocycles. The Labute approximate surface area is 211 Å². The molecular formula is C27H27F4N3O3. The molecule has 1 heterocycles. The van der Waals surface area contributed by atoms with Crippen molar-refractivity contribution in [2.45, 2.75) is 58.2 Å². The van der Waals surface area contributed by atoms with Gasteiger partial charge >= 0.3 is 6.18 Å². The van der Waals surface area contributed by atoms with E-state index in [-0.39, 0.29) is 11.1 Å². The van der Waals surface area contributed by atoms with Gasteiger partial charge in [-0.1, -0.05) is 6.07 Å². The number of hydrogen-bond donors (Lipinski definition) is 1.